The first kappa shape index (κ1) is 17.3. The minimum Gasteiger partial charge on any atom is -0.481 e. The van der Waals surface area contributed by atoms with E-state index in [4.69, 9.17) is 37.4 Å². The summed E-state index contributed by atoms with van der Waals surface area (Å²) < 4.78 is 18.2. The van der Waals surface area contributed by atoms with Crippen LogP contribution in [0.5, 0.6) is 5.88 Å². The molecule has 3 aromatic heterocycles. The van der Waals surface area contributed by atoms with Gasteiger partial charge in [0.1, 0.15) is 5.69 Å². The molecule has 0 atom stereocenters. The van der Waals surface area contributed by atoms with Crippen LogP contribution in [-0.2, 0) is 9.47 Å². The molecule has 0 unspecified atom stereocenters. The van der Waals surface area contributed by atoms with E-state index in [-0.39, 0.29) is 0 Å². The van der Waals surface area contributed by atoms with Crippen LogP contribution < -0.4 is 4.74 Å². The van der Waals surface area contributed by atoms with Crippen LogP contribution in [0, 0.1) is 0 Å². The van der Waals surface area contributed by atoms with E-state index in [2.05, 4.69) is 10.1 Å². The van der Waals surface area contributed by atoms with E-state index in [1.165, 1.54) is 0 Å². The van der Waals surface area contributed by atoms with Crippen LogP contribution in [0.3, 0.4) is 0 Å². The molecule has 0 aliphatic carbocycles. The predicted octanol–water partition coefficient (Wildman–Crippen LogP) is 4.26. The lowest BCUT2D eigenvalue weighted by atomic mass is 10.1. The highest BCUT2D eigenvalue weighted by molar-refractivity contribution is 6.37. The normalized spacial score (nSPS) is 15.3. The molecule has 0 radical (unpaired) electrons. The third-order valence-corrected chi connectivity index (χ3v) is 4.63. The predicted molar refractivity (Wildman–Crippen MR) is 99.6 cm³/mol. The fraction of sp³-hybridized carbons (Fsp3) is 0.222. The molecule has 134 valence electrons. The molecule has 6 nitrogen and oxygen atoms in total. The van der Waals surface area contributed by atoms with E-state index < -0.39 is 6.29 Å². The Morgan fingerprint density at radius 1 is 1.15 bits per heavy atom. The van der Waals surface area contributed by atoms with Gasteiger partial charge in [-0.1, -0.05) is 35.4 Å². The van der Waals surface area contributed by atoms with E-state index in [1.807, 2.05) is 30.4 Å². The number of hydrogen-bond acceptors (Lipinski definition) is 5. The fourth-order valence-corrected chi connectivity index (χ4v) is 3.27. The quantitative estimate of drug-likeness (QED) is 0.664. The van der Waals surface area contributed by atoms with Crippen LogP contribution in [0.1, 0.15) is 23.1 Å². The van der Waals surface area contributed by atoms with Crippen molar-refractivity contribution in [1.29, 1.82) is 0 Å². The van der Waals surface area contributed by atoms with Crippen LogP contribution >= 0.6 is 23.2 Å². The van der Waals surface area contributed by atoms with Crippen LogP contribution in [0.25, 0.3) is 17.7 Å². The Hall–Kier alpha value is -2.12. The van der Waals surface area contributed by atoms with Crippen LogP contribution in [0.4, 0.5) is 0 Å². The van der Waals surface area contributed by atoms with Gasteiger partial charge in [-0.3, -0.25) is 4.98 Å². The van der Waals surface area contributed by atoms with Gasteiger partial charge in [0.15, 0.2) is 0 Å². The van der Waals surface area contributed by atoms with Crippen molar-refractivity contribution in [2.45, 2.75) is 6.29 Å². The van der Waals surface area contributed by atoms with Gasteiger partial charge in [-0.05, 0) is 12.1 Å². The van der Waals surface area contributed by atoms with Crippen LogP contribution in [0.15, 0.2) is 30.6 Å². The van der Waals surface area contributed by atoms with Crippen molar-refractivity contribution in [1.82, 2.24) is 14.6 Å². The van der Waals surface area contributed by atoms with Crippen LogP contribution in [0.2, 0.25) is 10.0 Å². The number of halogens is 2. The summed E-state index contributed by atoms with van der Waals surface area (Å²) in [6.45, 7) is 1.11. The molecule has 0 spiro atoms. The number of ether oxygens (including phenoxy) is 3. The summed E-state index contributed by atoms with van der Waals surface area (Å²) in [6, 6.07) is 5.71. The first-order valence-corrected chi connectivity index (χ1v) is 8.70. The lowest BCUT2D eigenvalue weighted by Gasteiger charge is -2.06. The number of methoxy groups -OCH3 is 1. The van der Waals surface area contributed by atoms with Crippen molar-refractivity contribution in [3.63, 3.8) is 0 Å². The number of hydrogen-bond donors (Lipinski definition) is 0. The molecular weight excluding hydrogens is 377 g/mol. The highest BCUT2D eigenvalue weighted by Crippen LogP contribution is 2.29. The lowest BCUT2D eigenvalue weighted by molar-refractivity contribution is -0.0474. The van der Waals surface area contributed by atoms with Crippen LogP contribution in [-0.4, -0.2) is 34.9 Å². The molecule has 3 aromatic rings. The van der Waals surface area contributed by atoms with Crippen molar-refractivity contribution in [2.24, 2.45) is 0 Å². The molecule has 4 heterocycles. The summed E-state index contributed by atoms with van der Waals surface area (Å²) in [4.78, 5) is 3.96. The summed E-state index contributed by atoms with van der Waals surface area (Å²) in [5.74, 6) is 0.612. The highest BCUT2D eigenvalue weighted by Gasteiger charge is 2.22. The van der Waals surface area contributed by atoms with Gasteiger partial charge in [0.2, 0.25) is 12.2 Å². The van der Waals surface area contributed by atoms with Gasteiger partial charge in [-0.15, -0.1) is 0 Å². The Balaban J connectivity index is 1.78. The largest absolute Gasteiger partial charge is 0.481 e. The van der Waals surface area contributed by atoms with Gasteiger partial charge in [-0.2, -0.15) is 5.10 Å². The Kier molecular flexibility index (Phi) is 4.82. The third-order valence-electron chi connectivity index (χ3n) is 4.03. The Bertz CT molecular complexity index is 961. The zero-order valence-corrected chi connectivity index (χ0v) is 15.4. The minimum absolute atomic E-state index is 0.458. The molecule has 0 N–H and O–H groups in total. The van der Waals surface area contributed by atoms with Gasteiger partial charge < -0.3 is 14.2 Å². The molecule has 0 aromatic carbocycles. The second-order valence-corrected chi connectivity index (χ2v) is 6.44. The molecule has 1 saturated heterocycles. The topological polar surface area (TPSA) is 57.9 Å². The first-order chi connectivity index (χ1) is 12.7. The molecule has 0 amide bonds. The second kappa shape index (κ2) is 7.25. The van der Waals surface area contributed by atoms with Gasteiger partial charge in [0.05, 0.1) is 35.9 Å². The van der Waals surface area contributed by atoms with Gasteiger partial charge in [-0.25, -0.2) is 4.52 Å². The maximum absolute atomic E-state index is 6.18. The molecule has 1 fully saturated rings. The summed E-state index contributed by atoms with van der Waals surface area (Å²) in [5, 5.41) is 5.53. The van der Waals surface area contributed by atoms with E-state index in [9.17, 15) is 0 Å². The molecule has 4 rings (SSSR count). The first-order valence-electron chi connectivity index (χ1n) is 7.94. The van der Waals surface area contributed by atoms with E-state index in [0.29, 0.717) is 40.4 Å². The standard InChI is InChI=1S/C18H15Cl2N3O3/c1-24-17-5-3-11(2-4-12-13(19)9-21-10-14(12)20)16-8-15(22-23(16)17)18-25-6-7-26-18/h2-5,8-10,18H,6-7H2,1H3/b4-2+. The van der Waals surface area contributed by atoms with Crippen molar-refractivity contribution in [2.75, 3.05) is 20.3 Å². The molecular formula is C18H15Cl2N3O3. The fourth-order valence-electron chi connectivity index (χ4n) is 2.78. The monoisotopic (exact) mass is 391 g/mol. The Morgan fingerprint density at radius 3 is 2.58 bits per heavy atom. The van der Waals surface area contributed by atoms with E-state index >= 15 is 0 Å². The molecule has 0 saturated carbocycles. The number of nitrogens with zero attached hydrogens (tertiary/aromatic N) is 3. The van der Waals surface area contributed by atoms with Crippen molar-refractivity contribution >= 4 is 40.9 Å². The zero-order valence-electron chi connectivity index (χ0n) is 13.9. The average molecular weight is 392 g/mol. The molecule has 1 aliphatic rings. The number of pyridine rings is 2. The maximum Gasteiger partial charge on any atom is 0.214 e. The Labute approximate surface area is 159 Å². The van der Waals surface area contributed by atoms with Crippen molar-refractivity contribution in [3.8, 4) is 5.88 Å². The smallest absolute Gasteiger partial charge is 0.214 e. The minimum atomic E-state index is -0.458. The molecule has 8 heteroatoms. The Morgan fingerprint density at radius 2 is 1.88 bits per heavy atom. The van der Waals surface area contributed by atoms with E-state index in [0.717, 1.165) is 11.1 Å². The van der Waals surface area contributed by atoms with Gasteiger partial charge >= 0.3 is 0 Å². The summed E-state index contributed by atoms with van der Waals surface area (Å²) in [5.41, 5.74) is 3.18. The molecule has 1 aliphatic heterocycles. The summed E-state index contributed by atoms with van der Waals surface area (Å²) in [6.07, 6.45) is 6.43. The SMILES string of the molecule is COc1ccc(/C=C/c2c(Cl)cncc2Cl)c2cc(C3OCCO3)nn12. The summed E-state index contributed by atoms with van der Waals surface area (Å²) in [7, 11) is 1.60. The highest BCUT2D eigenvalue weighted by atomic mass is 35.5. The van der Waals surface area contributed by atoms with Gasteiger partial charge in [0, 0.05) is 29.6 Å². The average Bonchev–Trinajstić information content (AvgIpc) is 3.30. The number of fused-ring (bicyclic) bond motifs is 1. The molecule has 26 heavy (non-hydrogen) atoms. The number of aromatic nitrogens is 3. The maximum atomic E-state index is 6.18. The molecule has 0 bridgehead atoms. The number of rotatable bonds is 4. The second-order valence-electron chi connectivity index (χ2n) is 5.62. The zero-order chi connectivity index (χ0) is 18.1. The third kappa shape index (κ3) is 3.17. The van der Waals surface area contributed by atoms with Crippen molar-refractivity contribution < 1.29 is 14.2 Å². The lowest BCUT2D eigenvalue weighted by Crippen LogP contribution is -2.01. The summed E-state index contributed by atoms with van der Waals surface area (Å²) >= 11 is 12.4. The van der Waals surface area contributed by atoms with Gasteiger partial charge in [0.25, 0.3) is 0 Å². The van der Waals surface area contributed by atoms with E-state index in [1.54, 1.807) is 24.0 Å². The van der Waals surface area contributed by atoms with Crippen molar-refractivity contribution in [3.05, 3.63) is 57.5 Å².